The Hall–Kier alpha value is -2.30. The molecule has 2 atom stereocenters. The van der Waals surface area contributed by atoms with Gasteiger partial charge in [0.2, 0.25) is 5.91 Å². The lowest BCUT2D eigenvalue weighted by molar-refractivity contribution is -0.153. The van der Waals surface area contributed by atoms with Crippen molar-refractivity contribution in [2.24, 2.45) is 0 Å². The van der Waals surface area contributed by atoms with Gasteiger partial charge in [-0.3, -0.25) is 4.79 Å². The molecule has 4 rings (SSSR count). The Morgan fingerprint density at radius 3 is 3.00 bits per heavy atom. The summed E-state index contributed by atoms with van der Waals surface area (Å²) in [6.07, 6.45) is 1.77. The summed E-state index contributed by atoms with van der Waals surface area (Å²) in [5, 5.41) is 1.14. The third-order valence-corrected chi connectivity index (χ3v) is 4.64. The summed E-state index contributed by atoms with van der Waals surface area (Å²) < 4.78 is 4.91. The van der Waals surface area contributed by atoms with Crippen LogP contribution in [0.3, 0.4) is 0 Å². The third kappa shape index (κ3) is 1.63. The maximum Gasteiger partial charge on any atom is 0.328 e. The SMILES string of the molecule is COC(=O)[C@H]1Cc2c([nH]c3ccccc23)[C@@H]2CCC(=O)N12. The number of benzene rings is 1. The van der Waals surface area contributed by atoms with Crippen molar-refractivity contribution in [3.8, 4) is 0 Å². The number of ether oxygens (including phenoxy) is 1. The molecule has 1 aromatic heterocycles. The standard InChI is InChI=1S/C16H16N2O3/c1-21-16(20)13-8-10-9-4-2-3-5-11(9)17-15(10)12-6-7-14(19)18(12)13/h2-5,12-13,17H,6-8H2,1H3/t12-,13+/m0/s1. The molecule has 5 heteroatoms. The number of amides is 1. The first-order valence-corrected chi connectivity index (χ1v) is 7.19. The van der Waals surface area contributed by atoms with E-state index in [4.69, 9.17) is 4.74 Å². The summed E-state index contributed by atoms with van der Waals surface area (Å²) in [7, 11) is 1.38. The molecular formula is C16H16N2O3. The van der Waals surface area contributed by atoms with E-state index in [1.807, 2.05) is 18.2 Å². The molecule has 1 aromatic carbocycles. The van der Waals surface area contributed by atoms with E-state index in [1.54, 1.807) is 4.90 Å². The molecule has 1 amide bonds. The van der Waals surface area contributed by atoms with Gasteiger partial charge in [0.25, 0.3) is 0 Å². The number of nitrogens with zero attached hydrogens (tertiary/aromatic N) is 1. The van der Waals surface area contributed by atoms with E-state index in [9.17, 15) is 9.59 Å². The van der Waals surface area contributed by atoms with Crippen molar-refractivity contribution >= 4 is 22.8 Å². The van der Waals surface area contributed by atoms with E-state index in [0.717, 1.165) is 28.6 Å². The number of rotatable bonds is 1. The monoisotopic (exact) mass is 284 g/mol. The Labute approximate surface area is 121 Å². The van der Waals surface area contributed by atoms with Crippen molar-refractivity contribution in [3.63, 3.8) is 0 Å². The predicted octanol–water partition coefficient (Wildman–Crippen LogP) is 1.93. The predicted molar refractivity (Wildman–Crippen MR) is 76.6 cm³/mol. The van der Waals surface area contributed by atoms with Crippen LogP contribution in [0.2, 0.25) is 0 Å². The van der Waals surface area contributed by atoms with Gasteiger partial charge in [-0.25, -0.2) is 4.79 Å². The molecule has 3 heterocycles. The molecule has 1 N–H and O–H groups in total. The second-order valence-corrected chi connectivity index (χ2v) is 5.66. The highest BCUT2D eigenvalue weighted by Crippen LogP contribution is 2.43. The van der Waals surface area contributed by atoms with Crippen LogP contribution in [0.1, 0.15) is 30.1 Å². The average Bonchev–Trinajstić information content (AvgIpc) is 3.07. The van der Waals surface area contributed by atoms with Gasteiger partial charge in [0.15, 0.2) is 0 Å². The summed E-state index contributed by atoms with van der Waals surface area (Å²) in [6.45, 7) is 0. The van der Waals surface area contributed by atoms with Gasteiger partial charge in [0, 0.05) is 29.4 Å². The number of fused-ring (bicyclic) bond motifs is 5. The number of esters is 1. The molecule has 21 heavy (non-hydrogen) atoms. The molecule has 108 valence electrons. The van der Waals surface area contributed by atoms with Gasteiger partial charge in [-0.05, 0) is 18.1 Å². The van der Waals surface area contributed by atoms with Gasteiger partial charge in [-0.15, -0.1) is 0 Å². The summed E-state index contributed by atoms with van der Waals surface area (Å²) in [5.74, 6) is -0.286. The lowest BCUT2D eigenvalue weighted by Crippen LogP contribution is -2.48. The third-order valence-electron chi connectivity index (χ3n) is 4.64. The van der Waals surface area contributed by atoms with Gasteiger partial charge >= 0.3 is 5.97 Å². The van der Waals surface area contributed by atoms with Crippen LogP contribution in [-0.2, 0) is 20.7 Å². The number of carbonyl (C=O) groups is 2. The zero-order valence-electron chi connectivity index (χ0n) is 11.8. The van der Waals surface area contributed by atoms with Crippen LogP contribution >= 0.6 is 0 Å². The fraction of sp³-hybridized carbons (Fsp3) is 0.375. The molecule has 0 unspecified atom stereocenters. The first kappa shape index (κ1) is 12.4. The minimum absolute atomic E-state index is 0.0299. The van der Waals surface area contributed by atoms with E-state index in [-0.39, 0.29) is 17.9 Å². The lowest BCUT2D eigenvalue weighted by atomic mass is 9.92. The fourth-order valence-corrected chi connectivity index (χ4v) is 3.73. The topological polar surface area (TPSA) is 62.4 Å². The van der Waals surface area contributed by atoms with Crippen LogP contribution < -0.4 is 0 Å². The minimum Gasteiger partial charge on any atom is -0.467 e. The quantitative estimate of drug-likeness (QED) is 0.814. The first-order chi connectivity index (χ1) is 10.2. The molecule has 1 fully saturated rings. The maximum absolute atomic E-state index is 12.2. The molecule has 0 bridgehead atoms. The van der Waals surface area contributed by atoms with Crippen molar-refractivity contribution in [2.45, 2.75) is 31.3 Å². The first-order valence-electron chi connectivity index (χ1n) is 7.19. The van der Waals surface area contributed by atoms with Gasteiger partial charge < -0.3 is 14.6 Å². The minimum atomic E-state index is -0.498. The van der Waals surface area contributed by atoms with Gasteiger partial charge in [0.1, 0.15) is 6.04 Å². The van der Waals surface area contributed by atoms with E-state index in [2.05, 4.69) is 11.1 Å². The highest BCUT2D eigenvalue weighted by Gasteiger charge is 2.46. The zero-order chi connectivity index (χ0) is 14.6. The fourth-order valence-electron chi connectivity index (χ4n) is 3.73. The average molecular weight is 284 g/mol. The Kier molecular flexibility index (Phi) is 2.58. The van der Waals surface area contributed by atoms with Crippen LogP contribution in [-0.4, -0.2) is 34.9 Å². The van der Waals surface area contributed by atoms with E-state index < -0.39 is 6.04 Å². The van der Waals surface area contributed by atoms with Crippen molar-refractivity contribution < 1.29 is 14.3 Å². The summed E-state index contributed by atoms with van der Waals surface area (Å²) in [6, 6.07) is 7.54. The zero-order valence-corrected chi connectivity index (χ0v) is 11.8. The van der Waals surface area contributed by atoms with Crippen molar-refractivity contribution in [3.05, 3.63) is 35.5 Å². The van der Waals surface area contributed by atoms with Crippen LogP contribution in [0.5, 0.6) is 0 Å². The highest BCUT2D eigenvalue weighted by atomic mass is 16.5. The molecule has 0 radical (unpaired) electrons. The molecule has 2 aliphatic rings. The smallest absolute Gasteiger partial charge is 0.328 e. The number of hydrogen-bond acceptors (Lipinski definition) is 3. The number of para-hydroxylation sites is 1. The molecule has 0 spiro atoms. The number of aromatic amines is 1. The van der Waals surface area contributed by atoms with Crippen LogP contribution in [0.4, 0.5) is 0 Å². The molecule has 0 aliphatic carbocycles. The summed E-state index contributed by atoms with van der Waals surface area (Å²) in [5.41, 5.74) is 3.30. The molecule has 2 aliphatic heterocycles. The molecular weight excluding hydrogens is 268 g/mol. The Morgan fingerprint density at radius 1 is 1.38 bits per heavy atom. The van der Waals surface area contributed by atoms with Crippen LogP contribution in [0.15, 0.2) is 24.3 Å². The summed E-state index contributed by atoms with van der Waals surface area (Å²) in [4.78, 5) is 29.4. The van der Waals surface area contributed by atoms with Crippen molar-refractivity contribution in [1.82, 2.24) is 9.88 Å². The summed E-state index contributed by atoms with van der Waals surface area (Å²) >= 11 is 0. The van der Waals surface area contributed by atoms with Crippen molar-refractivity contribution in [2.75, 3.05) is 7.11 Å². The van der Waals surface area contributed by atoms with Gasteiger partial charge in [0.05, 0.1) is 13.2 Å². The Morgan fingerprint density at radius 2 is 2.19 bits per heavy atom. The van der Waals surface area contributed by atoms with Gasteiger partial charge in [-0.2, -0.15) is 0 Å². The second kappa shape index (κ2) is 4.35. The maximum atomic E-state index is 12.2. The highest BCUT2D eigenvalue weighted by molar-refractivity contribution is 5.91. The van der Waals surface area contributed by atoms with Crippen LogP contribution in [0, 0.1) is 0 Å². The Balaban J connectivity index is 1.90. The molecule has 1 saturated heterocycles. The van der Waals surface area contributed by atoms with E-state index >= 15 is 0 Å². The van der Waals surface area contributed by atoms with E-state index in [1.165, 1.54) is 7.11 Å². The number of methoxy groups -OCH3 is 1. The normalized spacial score (nSPS) is 24.0. The second-order valence-electron chi connectivity index (χ2n) is 5.66. The number of hydrogen-bond donors (Lipinski definition) is 1. The number of H-pyrrole nitrogens is 1. The number of aromatic nitrogens is 1. The molecule has 0 saturated carbocycles. The van der Waals surface area contributed by atoms with Crippen molar-refractivity contribution in [1.29, 1.82) is 0 Å². The molecule has 5 nitrogen and oxygen atoms in total. The van der Waals surface area contributed by atoms with Crippen LogP contribution in [0.25, 0.3) is 10.9 Å². The largest absolute Gasteiger partial charge is 0.467 e. The van der Waals surface area contributed by atoms with E-state index in [0.29, 0.717) is 12.8 Å². The lowest BCUT2D eigenvalue weighted by Gasteiger charge is -2.36. The molecule has 2 aromatic rings. The number of nitrogens with one attached hydrogen (secondary N) is 1. The Bertz CT molecular complexity index is 749. The van der Waals surface area contributed by atoms with Gasteiger partial charge in [-0.1, -0.05) is 18.2 Å². The number of carbonyl (C=O) groups excluding carboxylic acids is 2.